The van der Waals surface area contributed by atoms with Crippen molar-refractivity contribution in [3.05, 3.63) is 170 Å². The number of carbonyl (C=O) groups is 3. The average Bonchev–Trinajstić information content (AvgIpc) is 1.62. The molecular formula is C72H84N13O18S+. The van der Waals surface area contributed by atoms with E-state index in [0.29, 0.717) is 89.0 Å². The van der Waals surface area contributed by atoms with Gasteiger partial charge >= 0.3 is 10.4 Å². The Hall–Kier alpha value is -10.2. The second kappa shape index (κ2) is 29.9. The van der Waals surface area contributed by atoms with E-state index < -0.39 is 76.1 Å². The number of nitrogens with one attached hydrogen (secondary N) is 1. The number of benzene rings is 5. The molecule has 31 nitrogen and oxygen atoms in total. The van der Waals surface area contributed by atoms with E-state index in [1.54, 1.807) is 85.1 Å². The summed E-state index contributed by atoms with van der Waals surface area (Å²) in [5, 5.41) is 48.1. The number of imidazole rings is 2. The molecule has 3 amide bonds. The van der Waals surface area contributed by atoms with Gasteiger partial charge in [-0.2, -0.15) is 0 Å². The third-order valence-corrected chi connectivity index (χ3v) is 19.5. The predicted octanol–water partition coefficient (Wildman–Crippen LogP) is 6.41. The van der Waals surface area contributed by atoms with Gasteiger partial charge in [0.2, 0.25) is 6.29 Å². The van der Waals surface area contributed by atoms with E-state index in [4.69, 9.17) is 57.0 Å². The number of methoxy groups -OCH3 is 2. The molecule has 5 aliphatic heterocycles. The molecule has 32 heteroatoms. The van der Waals surface area contributed by atoms with Crippen LogP contribution in [0.1, 0.15) is 104 Å². The third kappa shape index (κ3) is 16.4. The van der Waals surface area contributed by atoms with Crippen molar-refractivity contribution in [1.82, 2.24) is 34.2 Å². The number of aliphatic imine (C=N–C) groups is 2. The van der Waals surface area contributed by atoms with Crippen molar-refractivity contribution in [2.75, 3.05) is 54.6 Å². The van der Waals surface area contributed by atoms with E-state index in [1.807, 2.05) is 69.4 Å². The number of carbonyl (C=O) groups excluding carboxylic acids is 3. The lowest BCUT2D eigenvalue weighted by molar-refractivity contribution is -0.916. The molecule has 1 saturated heterocycles. The Labute approximate surface area is 600 Å². The maximum Gasteiger partial charge on any atom is 0.501 e. The van der Waals surface area contributed by atoms with E-state index in [0.717, 1.165) is 51.1 Å². The molecule has 0 aliphatic carbocycles. The second-order valence-electron chi connectivity index (χ2n) is 28.5. The van der Waals surface area contributed by atoms with Gasteiger partial charge in [0.1, 0.15) is 56.5 Å². The normalized spacial score (nSPS) is 19.9. The lowest BCUT2D eigenvalue weighted by atomic mass is 9.95. The Morgan fingerprint density at radius 3 is 1.79 bits per heavy atom. The number of aliphatic hydroxyl groups is 4. The molecule has 2 aromatic heterocycles. The van der Waals surface area contributed by atoms with Gasteiger partial charge in [0, 0.05) is 97.6 Å². The van der Waals surface area contributed by atoms with Crippen LogP contribution in [0.2, 0.25) is 0 Å². The summed E-state index contributed by atoms with van der Waals surface area (Å²) in [6.07, 6.45) is -0.421. The summed E-state index contributed by atoms with van der Waals surface area (Å²) in [6, 6.07) is 21.9. The van der Waals surface area contributed by atoms with Crippen LogP contribution >= 0.6 is 0 Å². The van der Waals surface area contributed by atoms with Gasteiger partial charge in [-0.25, -0.2) is 9.97 Å². The SMILES string of the molecule is COc1cc2c(cc1OCc1cc(COc3cc4c(cc3OC)C(=O)N3Cc5ncn(C)c5C[C@H]3C=N4)cc(C[N+](C)(C)Cc3ccc(OS(=O)(=O)Oc4cc(C(=O)NCC(C)(C)OCC(C)(C)CN=[N+]=[N-])ccc4O[C@@H]4O[C@H](CO)[C@H](O)[C@H](O)[C@H]4O)cc3)c1)N=CC1Cc3c(ncn3C)CN1C2=O. The van der Waals surface area contributed by atoms with Gasteiger partial charge in [-0.3, -0.25) is 24.4 Å². The first-order valence-corrected chi connectivity index (χ1v) is 34.9. The van der Waals surface area contributed by atoms with Crippen molar-refractivity contribution in [2.45, 2.75) is 128 Å². The number of aryl methyl sites for hydroxylation is 2. The summed E-state index contributed by atoms with van der Waals surface area (Å²) in [5.41, 5.74) is 15.8. The number of azide groups is 1. The smallest absolute Gasteiger partial charge is 0.493 e. The molecule has 5 aromatic carbocycles. The first kappa shape index (κ1) is 73.6. The standard InChI is InChI=1S/C72H83N13O18S/c1-71(2,36-79-80-73)38-99-72(3,4)37-76-67(90)45-13-16-57(100-70-66(89)65(88)64(87)63(33-86)101-70)62(20-45)103-104(93,94)102-48-14-11-41(12-15-48)31-85(7,8)32-42-17-43(34-97-60-25-51-49(23-58(60)95-9)68(91)83-29-53-55(81(5)39-77-53)21-46(83)27-74-51)19-44(18-42)35-98-61-26-52-50(24-59(61)96-10)69(92)84-30-54-56(82(6)40-78-54)22-47(84)28-75-52/h11-20,23-28,39-40,46-47,63-66,70,86-89H,21-22,29-38H2,1-10H3/p+1/t46-,47?,63+,64-,65-,66+,70+/m0/s1. The van der Waals surface area contributed by atoms with Crippen LogP contribution in [0.3, 0.4) is 0 Å². The van der Waals surface area contributed by atoms with Crippen LogP contribution < -0.4 is 37.4 Å². The van der Waals surface area contributed by atoms with E-state index >= 15 is 0 Å². The second-order valence-corrected chi connectivity index (χ2v) is 29.6. The summed E-state index contributed by atoms with van der Waals surface area (Å²) in [6.45, 7) is 8.37. The number of rotatable bonds is 27. The van der Waals surface area contributed by atoms with Gasteiger partial charge in [-0.1, -0.05) is 19.0 Å². The van der Waals surface area contributed by atoms with Crippen molar-refractivity contribution in [2.24, 2.45) is 34.6 Å². The molecule has 550 valence electrons. The highest BCUT2D eigenvalue weighted by atomic mass is 32.3. The summed E-state index contributed by atoms with van der Waals surface area (Å²) >= 11 is 0. The maximum absolute atomic E-state index is 14.3. The van der Waals surface area contributed by atoms with Crippen LogP contribution in [-0.2, 0) is 86.2 Å². The highest BCUT2D eigenvalue weighted by Crippen LogP contribution is 2.42. The highest BCUT2D eigenvalue weighted by molar-refractivity contribution is 7.82. The lowest BCUT2D eigenvalue weighted by Gasteiger charge is -2.39. The Kier molecular flexibility index (Phi) is 21.2. The van der Waals surface area contributed by atoms with Crippen molar-refractivity contribution in [1.29, 1.82) is 0 Å². The van der Waals surface area contributed by atoms with E-state index in [9.17, 15) is 43.2 Å². The van der Waals surface area contributed by atoms with Crippen LogP contribution in [0.25, 0.3) is 10.4 Å². The largest absolute Gasteiger partial charge is 0.501 e. The number of quaternary nitrogens is 1. The fourth-order valence-corrected chi connectivity index (χ4v) is 13.8. The predicted molar refractivity (Wildman–Crippen MR) is 376 cm³/mol. The number of nitrogens with zero attached hydrogens (tertiary/aromatic N) is 12. The minimum atomic E-state index is -5.08. The monoisotopic (exact) mass is 1450 g/mol. The van der Waals surface area contributed by atoms with Gasteiger partial charge in [0.05, 0.1) is 119 Å². The molecule has 0 saturated carbocycles. The molecule has 5 N–H and O–H groups in total. The number of aromatic nitrogens is 4. The Bertz CT molecular complexity index is 4480. The first-order chi connectivity index (χ1) is 49.5. The van der Waals surface area contributed by atoms with Crippen molar-refractivity contribution in [3.63, 3.8) is 0 Å². The van der Waals surface area contributed by atoms with Crippen LogP contribution in [0.5, 0.6) is 40.2 Å². The summed E-state index contributed by atoms with van der Waals surface area (Å²) < 4.78 is 85.5. The van der Waals surface area contributed by atoms with Crippen LogP contribution in [-0.4, -0.2) is 195 Å². The van der Waals surface area contributed by atoms with Crippen molar-refractivity contribution >= 4 is 51.9 Å². The number of hydrogen-bond acceptors (Lipinski definition) is 23. The Morgan fingerprint density at radius 2 is 1.25 bits per heavy atom. The lowest BCUT2D eigenvalue weighted by Crippen LogP contribution is -2.60. The van der Waals surface area contributed by atoms with Crippen LogP contribution in [0.4, 0.5) is 11.4 Å². The van der Waals surface area contributed by atoms with Crippen molar-refractivity contribution < 1.29 is 89.2 Å². The Balaban J connectivity index is 0.769. The fourth-order valence-electron chi connectivity index (χ4n) is 13.1. The zero-order valence-electron chi connectivity index (χ0n) is 59.2. The first-order valence-electron chi connectivity index (χ1n) is 33.6. The van der Waals surface area contributed by atoms with E-state index in [2.05, 4.69) is 25.3 Å². The average molecular weight is 1450 g/mol. The quantitative estimate of drug-likeness (QED) is 0.0160. The Morgan fingerprint density at radius 1 is 0.702 bits per heavy atom. The molecular weight excluding hydrogens is 1370 g/mol. The molecule has 7 atom stereocenters. The summed E-state index contributed by atoms with van der Waals surface area (Å²) in [5.74, 6) is -0.869. The minimum Gasteiger partial charge on any atom is -0.493 e. The van der Waals surface area contributed by atoms with Gasteiger partial charge in [0.15, 0.2) is 34.5 Å². The van der Waals surface area contributed by atoms with Gasteiger partial charge < -0.3 is 90.7 Å². The minimum absolute atomic E-state index is 0.0217. The number of amides is 3. The van der Waals surface area contributed by atoms with Crippen LogP contribution in [0.15, 0.2) is 113 Å². The topological polar surface area (TPSA) is 377 Å². The van der Waals surface area contributed by atoms with E-state index in [1.165, 1.54) is 38.5 Å². The molecule has 104 heavy (non-hydrogen) atoms. The van der Waals surface area contributed by atoms with Gasteiger partial charge in [-0.15, -0.1) is 8.42 Å². The molecule has 0 spiro atoms. The maximum atomic E-state index is 14.3. The van der Waals surface area contributed by atoms with Gasteiger partial charge in [-0.05, 0) is 109 Å². The van der Waals surface area contributed by atoms with Crippen molar-refractivity contribution in [3.8, 4) is 40.2 Å². The molecule has 0 radical (unpaired) electrons. The molecule has 1 unspecified atom stereocenters. The fraction of sp³-hybridized carbons (Fsp3) is 0.431. The molecule has 7 aromatic rings. The zero-order valence-corrected chi connectivity index (χ0v) is 60.0. The van der Waals surface area contributed by atoms with Gasteiger partial charge in [0.25, 0.3) is 17.7 Å². The molecule has 5 aliphatic rings. The molecule has 7 heterocycles. The third-order valence-electron chi connectivity index (χ3n) is 18.7. The van der Waals surface area contributed by atoms with Crippen LogP contribution in [0, 0.1) is 5.41 Å². The summed E-state index contributed by atoms with van der Waals surface area (Å²) in [7, 11) is 5.87. The molecule has 12 rings (SSSR count). The van der Waals surface area contributed by atoms with E-state index in [-0.39, 0.29) is 68.1 Å². The summed E-state index contributed by atoms with van der Waals surface area (Å²) in [4.78, 5) is 67.3. The highest BCUT2D eigenvalue weighted by Gasteiger charge is 2.46. The molecule has 1 fully saturated rings. The number of fused-ring (bicyclic) bond motifs is 6. The molecule has 0 bridgehead atoms. The number of ether oxygens (including phenoxy) is 7. The zero-order chi connectivity index (χ0) is 74.2. The number of hydrogen-bond donors (Lipinski definition) is 5. The number of aliphatic hydroxyl groups excluding tert-OH is 4.